The van der Waals surface area contributed by atoms with Crippen molar-refractivity contribution in [2.45, 2.75) is 26.3 Å². The van der Waals surface area contributed by atoms with E-state index >= 15 is 0 Å². The highest BCUT2D eigenvalue weighted by Crippen LogP contribution is 2.21. The molecule has 8 heteroatoms. The van der Waals surface area contributed by atoms with Crippen molar-refractivity contribution in [3.63, 3.8) is 0 Å². The van der Waals surface area contributed by atoms with Crippen LogP contribution >= 0.6 is 0 Å². The molecule has 0 aromatic carbocycles. The second kappa shape index (κ2) is 6.38. The second-order valence-electron chi connectivity index (χ2n) is 8.23. The van der Waals surface area contributed by atoms with Crippen molar-refractivity contribution >= 4 is 17.0 Å². The van der Waals surface area contributed by atoms with E-state index in [1.54, 1.807) is 8.92 Å². The molecule has 0 aliphatic carbocycles. The molecule has 1 fully saturated rings. The first-order valence-corrected chi connectivity index (χ1v) is 9.75. The van der Waals surface area contributed by atoms with Gasteiger partial charge in [-0.3, -0.25) is 9.20 Å². The van der Waals surface area contributed by atoms with E-state index in [9.17, 15) is 4.79 Å². The lowest BCUT2D eigenvalue weighted by Crippen LogP contribution is -2.57. The van der Waals surface area contributed by atoms with Crippen molar-refractivity contribution < 1.29 is 0 Å². The molecule has 8 nitrogen and oxygen atoms in total. The molecule has 0 spiro atoms. The van der Waals surface area contributed by atoms with Crippen molar-refractivity contribution in [1.82, 2.24) is 29.3 Å². The van der Waals surface area contributed by atoms with E-state index in [-0.39, 0.29) is 11.1 Å². The molecule has 4 aromatic heterocycles. The SMILES string of the molecule is Cc1cn2nc(-c3cc(=O)n4cc(N5CCNC(C)(C)C5)ccc4n3)ccc2n1. The summed E-state index contributed by atoms with van der Waals surface area (Å²) in [5, 5.41) is 8.06. The van der Waals surface area contributed by atoms with Crippen LogP contribution in [-0.4, -0.2) is 49.2 Å². The first-order chi connectivity index (χ1) is 13.9. The standard InChI is InChI=1S/C21H23N7O/c1-14-11-28-19(23-14)7-5-16(25-28)17-10-20(29)27-12-15(4-6-18(27)24-17)26-9-8-22-21(2,3)13-26/h4-7,10-12,22H,8-9,13H2,1-3H3. The number of nitrogens with one attached hydrogen (secondary N) is 1. The molecule has 1 N–H and O–H groups in total. The van der Waals surface area contributed by atoms with Crippen molar-refractivity contribution in [2.75, 3.05) is 24.5 Å². The lowest BCUT2D eigenvalue weighted by atomic mass is 10.0. The molecule has 0 amide bonds. The third-order valence-corrected chi connectivity index (χ3v) is 5.28. The van der Waals surface area contributed by atoms with Gasteiger partial charge >= 0.3 is 0 Å². The second-order valence-corrected chi connectivity index (χ2v) is 8.23. The fraction of sp³-hybridized carbons (Fsp3) is 0.333. The van der Waals surface area contributed by atoms with Crippen LogP contribution in [0.3, 0.4) is 0 Å². The number of imidazole rings is 1. The molecule has 1 aliphatic rings. The van der Waals surface area contributed by atoms with Gasteiger partial charge in [0.25, 0.3) is 5.56 Å². The molecule has 0 saturated carbocycles. The van der Waals surface area contributed by atoms with Crippen LogP contribution in [0.4, 0.5) is 5.69 Å². The average Bonchev–Trinajstić information content (AvgIpc) is 3.06. The van der Waals surface area contributed by atoms with Crippen molar-refractivity contribution in [1.29, 1.82) is 0 Å². The number of pyridine rings is 1. The van der Waals surface area contributed by atoms with Gasteiger partial charge in [0, 0.05) is 37.4 Å². The van der Waals surface area contributed by atoms with Gasteiger partial charge in [-0.2, -0.15) is 5.10 Å². The van der Waals surface area contributed by atoms with Gasteiger partial charge in [-0.05, 0) is 45.0 Å². The Kier molecular flexibility index (Phi) is 3.92. The zero-order chi connectivity index (χ0) is 20.2. The lowest BCUT2D eigenvalue weighted by Gasteiger charge is -2.40. The molecule has 148 valence electrons. The highest BCUT2D eigenvalue weighted by atomic mass is 16.1. The van der Waals surface area contributed by atoms with Gasteiger partial charge in [-0.1, -0.05) is 0 Å². The summed E-state index contributed by atoms with van der Waals surface area (Å²) in [5.74, 6) is 0. The largest absolute Gasteiger partial charge is 0.367 e. The Morgan fingerprint density at radius 2 is 1.86 bits per heavy atom. The number of aryl methyl sites for hydroxylation is 1. The Balaban J connectivity index is 1.55. The van der Waals surface area contributed by atoms with Gasteiger partial charge in [0.15, 0.2) is 5.65 Å². The predicted molar refractivity (Wildman–Crippen MR) is 112 cm³/mol. The van der Waals surface area contributed by atoms with Gasteiger partial charge < -0.3 is 10.2 Å². The number of fused-ring (bicyclic) bond motifs is 2. The number of anilines is 1. The fourth-order valence-electron chi connectivity index (χ4n) is 3.91. The van der Waals surface area contributed by atoms with Crippen LogP contribution in [0.2, 0.25) is 0 Å². The van der Waals surface area contributed by atoms with Crippen LogP contribution in [0.25, 0.3) is 22.7 Å². The molecular weight excluding hydrogens is 366 g/mol. The number of hydrogen-bond donors (Lipinski definition) is 1. The van der Waals surface area contributed by atoms with Crippen molar-refractivity contribution in [3.8, 4) is 11.4 Å². The summed E-state index contributed by atoms with van der Waals surface area (Å²) in [4.78, 5) is 24.2. The molecule has 5 heterocycles. The monoisotopic (exact) mass is 389 g/mol. The maximum atomic E-state index is 12.8. The molecule has 0 unspecified atom stereocenters. The third-order valence-electron chi connectivity index (χ3n) is 5.28. The third kappa shape index (κ3) is 3.25. The van der Waals surface area contributed by atoms with Crippen LogP contribution in [0.15, 0.2) is 47.5 Å². The lowest BCUT2D eigenvalue weighted by molar-refractivity contribution is 0.353. The van der Waals surface area contributed by atoms with E-state index in [4.69, 9.17) is 0 Å². The number of hydrogen-bond acceptors (Lipinski definition) is 6. The van der Waals surface area contributed by atoms with Gasteiger partial charge in [0.1, 0.15) is 11.3 Å². The maximum absolute atomic E-state index is 12.8. The summed E-state index contributed by atoms with van der Waals surface area (Å²) >= 11 is 0. The molecule has 4 aromatic rings. The molecule has 1 aliphatic heterocycles. The Bertz CT molecular complexity index is 1290. The molecule has 29 heavy (non-hydrogen) atoms. The molecule has 1 saturated heterocycles. The molecule has 5 rings (SSSR count). The number of piperazine rings is 1. The minimum atomic E-state index is -0.120. The highest BCUT2D eigenvalue weighted by Gasteiger charge is 2.26. The van der Waals surface area contributed by atoms with Crippen molar-refractivity contribution in [3.05, 3.63) is 58.8 Å². The molecular formula is C21H23N7O. The van der Waals surface area contributed by atoms with E-state index in [1.165, 1.54) is 6.07 Å². The fourth-order valence-corrected chi connectivity index (χ4v) is 3.91. The first-order valence-electron chi connectivity index (χ1n) is 9.75. The smallest absolute Gasteiger partial charge is 0.258 e. The van der Waals surface area contributed by atoms with Crippen LogP contribution in [-0.2, 0) is 0 Å². The van der Waals surface area contributed by atoms with Crippen molar-refractivity contribution in [2.24, 2.45) is 0 Å². The van der Waals surface area contributed by atoms with E-state index in [1.807, 2.05) is 43.6 Å². The molecule has 0 bridgehead atoms. The van der Waals surface area contributed by atoms with E-state index in [0.717, 1.165) is 36.7 Å². The van der Waals surface area contributed by atoms with Gasteiger partial charge in [-0.25, -0.2) is 14.5 Å². The van der Waals surface area contributed by atoms with Gasteiger partial charge in [0.05, 0.1) is 23.3 Å². The molecule has 0 radical (unpaired) electrons. The average molecular weight is 389 g/mol. The van der Waals surface area contributed by atoms with E-state index in [0.29, 0.717) is 17.0 Å². The summed E-state index contributed by atoms with van der Waals surface area (Å²) in [7, 11) is 0. The van der Waals surface area contributed by atoms with E-state index < -0.39 is 0 Å². The summed E-state index contributed by atoms with van der Waals surface area (Å²) in [5.41, 5.74) is 4.41. The van der Waals surface area contributed by atoms with Crippen LogP contribution in [0.1, 0.15) is 19.5 Å². The Hall–Kier alpha value is -3.26. The molecule has 0 atom stereocenters. The van der Waals surface area contributed by atoms with Gasteiger partial charge in [-0.15, -0.1) is 0 Å². The zero-order valence-corrected chi connectivity index (χ0v) is 16.8. The van der Waals surface area contributed by atoms with Crippen LogP contribution < -0.4 is 15.8 Å². The Morgan fingerprint density at radius 3 is 2.69 bits per heavy atom. The minimum absolute atomic E-state index is 0.0380. The zero-order valence-electron chi connectivity index (χ0n) is 16.8. The normalized spacial score (nSPS) is 16.6. The number of aromatic nitrogens is 5. The van der Waals surface area contributed by atoms with E-state index in [2.05, 4.69) is 39.1 Å². The van der Waals surface area contributed by atoms with Crippen LogP contribution in [0.5, 0.6) is 0 Å². The topological polar surface area (TPSA) is 79.8 Å². The Labute approximate surface area is 167 Å². The summed E-state index contributed by atoms with van der Waals surface area (Å²) in [6.07, 6.45) is 3.74. The summed E-state index contributed by atoms with van der Waals surface area (Å²) in [6, 6.07) is 9.19. The summed E-state index contributed by atoms with van der Waals surface area (Å²) in [6.45, 7) is 9.00. The Morgan fingerprint density at radius 1 is 1.03 bits per heavy atom. The maximum Gasteiger partial charge on any atom is 0.258 e. The van der Waals surface area contributed by atoms with Gasteiger partial charge in [0.2, 0.25) is 0 Å². The number of rotatable bonds is 2. The number of nitrogens with zero attached hydrogens (tertiary/aromatic N) is 6. The first kappa shape index (κ1) is 17.8. The quantitative estimate of drug-likeness (QED) is 0.564. The summed E-state index contributed by atoms with van der Waals surface area (Å²) < 4.78 is 3.32. The predicted octanol–water partition coefficient (Wildman–Crippen LogP) is 1.90. The highest BCUT2D eigenvalue weighted by molar-refractivity contribution is 5.60. The van der Waals surface area contributed by atoms with Crippen LogP contribution in [0, 0.1) is 6.92 Å². The minimum Gasteiger partial charge on any atom is -0.367 e.